The number of piperidine rings is 1. The molecular weight excluding hydrogens is 520 g/mol. The van der Waals surface area contributed by atoms with Crippen LogP contribution in [0.5, 0.6) is 0 Å². The third kappa shape index (κ3) is 7.30. The van der Waals surface area contributed by atoms with Gasteiger partial charge in [0.1, 0.15) is 5.82 Å². The highest BCUT2D eigenvalue weighted by Gasteiger charge is 2.35. The van der Waals surface area contributed by atoms with Crippen molar-refractivity contribution in [1.82, 2.24) is 9.88 Å². The van der Waals surface area contributed by atoms with E-state index in [-0.39, 0.29) is 17.6 Å². The van der Waals surface area contributed by atoms with Crippen LogP contribution in [-0.4, -0.2) is 47.6 Å². The highest BCUT2D eigenvalue weighted by atomic mass is 32.1. The number of carbonyl (C=O) groups is 1. The normalized spacial score (nSPS) is 18.9. The summed E-state index contributed by atoms with van der Waals surface area (Å²) in [7, 11) is 0. The molecule has 1 atom stereocenters. The first-order valence-electron chi connectivity index (χ1n) is 12.5. The molecule has 0 radical (unpaired) electrons. The van der Waals surface area contributed by atoms with Crippen molar-refractivity contribution >= 4 is 28.1 Å². The number of benzene rings is 2. The quantitative estimate of drug-likeness (QED) is 0.298. The van der Waals surface area contributed by atoms with Crippen LogP contribution in [-0.2, 0) is 15.7 Å². The smallest absolute Gasteiger partial charge is 0.399 e. The van der Waals surface area contributed by atoms with E-state index in [0.29, 0.717) is 23.3 Å². The molecule has 0 bridgehead atoms. The molecule has 3 aromatic rings. The number of anilines is 2. The molecule has 2 aromatic carbocycles. The van der Waals surface area contributed by atoms with Gasteiger partial charge in [0.15, 0.2) is 5.13 Å². The minimum absolute atomic E-state index is 0.0454. The average Bonchev–Trinajstić information content (AvgIpc) is 3.39. The van der Waals surface area contributed by atoms with Crippen molar-refractivity contribution in [3.8, 4) is 11.3 Å². The molecule has 2 aliphatic rings. The van der Waals surface area contributed by atoms with Gasteiger partial charge in [-0.2, -0.15) is 13.2 Å². The van der Waals surface area contributed by atoms with E-state index in [1.807, 2.05) is 35.7 Å². The number of carbonyl (C=O) groups excluding carboxylic acids is 1. The highest BCUT2D eigenvalue weighted by molar-refractivity contribution is 7.14. The minimum atomic E-state index is -4.68. The number of nitrogens with one attached hydrogen (secondary N) is 1. The summed E-state index contributed by atoms with van der Waals surface area (Å²) in [5.74, 6) is -1.22. The number of ether oxygens (including phenoxy) is 1. The van der Waals surface area contributed by atoms with Crippen molar-refractivity contribution in [3.05, 3.63) is 65.3 Å². The molecular formula is C27H30F4N4O2S. The van der Waals surface area contributed by atoms with Crippen molar-refractivity contribution in [2.24, 2.45) is 0 Å². The Kier molecular flexibility index (Phi) is 9.35. The molecule has 3 N–H and O–H groups in total. The predicted molar refractivity (Wildman–Crippen MR) is 140 cm³/mol. The number of aromatic nitrogens is 1. The molecule has 2 saturated heterocycles. The number of thiazole rings is 1. The van der Waals surface area contributed by atoms with Gasteiger partial charge in [-0.05, 0) is 50.4 Å². The molecule has 3 heterocycles. The van der Waals surface area contributed by atoms with Crippen LogP contribution in [0.15, 0.2) is 53.9 Å². The second kappa shape index (κ2) is 12.7. The number of nitrogen functional groups attached to an aromatic ring is 1. The van der Waals surface area contributed by atoms with E-state index in [2.05, 4.69) is 15.2 Å². The van der Waals surface area contributed by atoms with Gasteiger partial charge in [0.05, 0.1) is 17.3 Å². The van der Waals surface area contributed by atoms with Gasteiger partial charge in [0.2, 0.25) is 5.91 Å². The lowest BCUT2D eigenvalue weighted by molar-refractivity contribution is -0.140. The monoisotopic (exact) mass is 550 g/mol. The number of rotatable bonds is 4. The molecule has 0 spiro atoms. The molecule has 11 heteroatoms. The highest BCUT2D eigenvalue weighted by Crippen LogP contribution is 2.32. The molecule has 0 saturated carbocycles. The van der Waals surface area contributed by atoms with E-state index < -0.39 is 17.6 Å². The van der Waals surface area contributed by atoms with E-state index in [4.69, 9.17) is 10.5 Å². The van der Waals surface area contributed by atoms with Crippen LogP contribution in [0.4, 0.5) is 28.4 Å². The Labute approximate surface area is 222 Å². The lowest BCUT2D eigenvalue weighted by Gasteiger charge is -2.41. The summed E-state index contributed by atoms with van der Waals surface area (Å²) in [6.07, 6.45) is 0.597. The van der Waals surface area contributed by atoms with Gasteiger partial charge >= 0.3 is 6.18 Å². The Bertz CT molecular complexity index is 1200. The fraction of sp³-hybridized carbons (Fsp3) is 0.407. The zero-order valence-corrected chi connectivity index (χ0v) is 21.5. The van der Waals surface area contributed by atoms with Gasteiger partial charge in [0, 0.05) is 35.9 Å². The summed E-state index contributed by atoms with van der Waals surface area (Å²) in [6, 6.07) is 12.8. The standard InChI is InChI=1S/C20H25N3O2S.C7H5F4N/c24-19(18-8-4-5-11-23(18)16-9-12-25-13-10-16)22-20-21-17(14-26-20)15-6-2-1-3-7-15;8-6-2-1-4(12)3-5(6)7(9,10)11/h1-3,6-7,14,16,18H,4-5,8-13H2,(H,21,22,24);1-3H,12H2/t18-;/m0./s1. The molecule has 2 aliphatic heterocycles. The number of amides is 1. The maximum Gasteiger partial charge on any atom is 0.419 e. The van der Waals surface area contributed by atoms with Gasteiger partial charge in [-0.15, -0.1) is 11.3 Å². The van der Waals surface area contributed by atoms with Crippen LogP contribution >= 0.6 is 11.3 Å². The van der Waals surface area contributed by atoms with E-state index in [1.54, 1.807) is 0 Å². The van der Waals surface area contributed by atoms with Crippen molar-refractivity contribution in [3.63, 3.8) is 0 Å². The van der Waals surface area contributed by atoms with Crippen LogP contribution in [0.2, 0.25) is 0 Å². The fourth-order valence-corrected chi connectivity index (χ4v) is 5.43. The molecule has 6 nitrogen and oxygen atoms in total. The first-order chi connectivity index (χ1) is 18.2. The Hall–Kier alpha value is -3.02. The van der Waals surface area contributed by atoms with E-state index in [9.17, 15) is 22.4 Å². The number of nitrogens with two attached hydrogens (primary N) is 1. The van der Waals surface area contributed by atoms with Gasteiger partial charge in [-0.25, -0.2) is 9.37 Å². The molecule has 0 aliphatic carbocycles. The van der Waals surface area contributed by atoms with Gasteiger partial charge in [-0.3, -0.25) is 9.69 Å². The largest absolute Gasteiger partial charge is 0.419 e. The summed E-state index contributed by atoms with van der Waals surface area (Å²) in [6.45, 7) is 2.63. The minimum Gasteiger partial charge on any atom is -0.399 e. The van der Waals surface area contributed by atoms with Crippen LogP contribution < -0.4 is 11.1 Å². The van der Waals surface area contributed by atoms with Crippen molar-refractivity contribution in [2.75, 3.05) is 30.8 Å². The van der Waals surface area contributed by atoms with Crippen LogP contribution in [0, 0.1) is 5.82 Å². The Morgan fingerprint density at radius 1 is 1.08 bits per heavy atom. The molecule has 1 amide bonds. The first kappa shape index (κ1) is 28.0. The summed E-state index contributed by atoms with van der Waals surface area (Å²) < 4.78 is 53.8. The Morgan fingerprint density at radius 2 is 1.82 bits per heavy atom. The lowest BCUT2D eigenvalue weighted by Crippen LogP contribution is -2.53. The van der Waals surface area contributed by atoms with Crippen molar-refractivity contribution in [2.45, 2.75) is 50.4 Å². The second-order valence-electron chi connectivity index (χ2n) is 9.22. The van der Waals surface area contributed by atoms with Crippen LogP contribution in [0.3, 0.4) is 0 Å². The van der Waals surface area contributed by atoms with E-state index in [1.165, 1.54) is 17.8 Å². The second-order valence-corrected chi connectivity index (χ2v) is 10.1. The number of hydrogen-bond donors (Lipinski definition) is 2. The van der Waals surface area contributed by atoms with Gasteiger partial charge < -0.3 is 15.8 Å². The average molecular weight is 551 g/mol. The maximum absolute atomic E-state index is 12.9. The molecule has 1 aromatic heterocycles. The summed E-state index contributed by atoms with van der Waals surface area (Å²) in [5.41, 5.74) is 5.61. The molecule has 2 fully saturated rings. The first-order valence-corrected chi connectivity index (χ1v) is 13.4. The predicted octanol–water partition coefficient (Wildman–Crippen LogP) is 6.21. The summed E-state index contributed by atoms with van der Waals surface area (Å²) in [4.78, 5) is 20.0. The molecule has 5 rings (SSSR count). The van der Waals surface area contributed by atoms with Gasteiger partial charge in [-0.1, -0.05) is 36.8 Å². The zero-order valence-electron chi connectivity index (χ0n) is 20.7. The third-order valence-electron chi connectivity index (χ3n) is 6.61. The number of hydrogen-bond acceptors (Lipinski definition) is 6. The number of alkyl halides is 3. The lowest BCUT2D eigenvalue weighted by atomic mass is 9.96. The third-order valence-corrected chi connectivity index (χ3v) is 7.36. The van der Waals surface area contributed by atoms with E-state index in [0.717, 1.165) is 62.8 Å². The topological polar surface area (TPSA) is 80.5 Å². The summed E-state index contributed by atoms with van der Waals surface area (Å²) in [5, 5.41) is 5.75. The molecule has 0 unspecified atom stereocenters. The maximum atomic E-state index is 12.9. The number of halogens is 4. The SMILES string of the molecule is Nc1ccc(F)c(C(F)(F)F)c1.O=C(Nc1nc(-c2ccccc2)cs1)[C@@H]1CCCCN1C1CCOCC1. The Balaban J connectivity index is 0.000000236. The molecule has 38 heavy (non-hydrogen) atoms. The Morgan fingerprint density at radius 3 is 2.50 bits per heavy atom. The van der Waals surface area contributed by atoms with Gasteiger partial charge in [0.25, 0.3) is 0 Å². The fourth-order valence-electron chi connectivity index (χ4n) is 4.71. The van der Waals surface area contributed by atoms with Crippen LogP contribution in [0.1, 0.15) is 37.7 Å². The molecule has 204 valence electrons. The number of nitrogens with zero attached hydrogens (tertiary/aromatic N) is 2. The van der Waals surface area contributed by atoms with Crippen LogP contribution in [0.25, 0.3) is 11.3 Å². The van der Waals surface area contributed by atoms with Crippen molar-refractivity contribution in [1.29, 1.82) is 0 Å². The zero-order chi connectivity index (χ0) is 27.1. The van der Waals surface area contributed by atoms with Crippen molar-refractivity contribution < 1.29 is 27.1 Å². The summed E-state index contributed by atoms with van der Waals surface area (Å²) >= 11 is 1.49. The number of likely N-dealkylation sites (tertiary alicyclic amines) is 1. The van der Waals surface area contributed by atoms with E-state index >= 15 is 0 Å².